The molecule has 2 aliphatic heterocycles. The number of ether oxygens (including phenoxy) is 2. The zero-order chi connectivity index (χ0) is 33.9. The van der Waals surface area contributed by atoms with Gasteiger partial charge in [-0.1, -0.05) is 73.0 Å². The van der Waals surface area contributed by atoms with E-state index in [0.717, 1.165) is 48.2 Å². The van der Waals surface area contributed by atoms with Crippen LogP contribution in [0.5, 0.6) is 0 Å². The summed E-state index contributed by atoms with van der Waals surface area (Å²) in [4.78, 5) is 25.9. The van der Waals surface area contributed by atoms with Crippen LogP contribution in [0, 0.1) is 0 Å². The van der Waals surface area contributed by atoms with Gasteiger partial charge in [0.15, 0.2) is 6.29 Å². The van der Waals surface area contributed by atoms with E-state index >= 15 is 0 Å². The summed E-state index contributed by atoms with van der Waals surface area (Å²) in [5, 5.41) is 33.1. The van der Waals surface area contributed by atoms with E-state index in [1.54, 1.807) is 5.48 Å². The van der Waals surface area contributed by atoms with Crippen LogP contribution in [0.1, 0.15) is 92.4 Å². The van der Waals surface area contributed by atoms with Crippen molar-refractivity contribution in [3.8, 4) is 0 Å². The molecule has 5 N–H and O–H groups in total. The molecule has 0 bridgehead atoms. The molecule has 2 amide bonds. The Morgan fingerprint density at radius 1 is 0.833 bits per heavy atom. The fourth-order valence-electron chi connectivity index (χ4n) is 6.40. The number of likely N-dealkylation sites (tertiary alicyclic amines) is 1. The molecule has 258 valence electrons. The highest BCUT2D eigenvalue weighted by atomic mass is 35.5. The molecule has 3 atom stereocenters. The number of halogens is 1. The van der Waals surface area contributed by atoms with Gasteiger partial charge in [0.1, 0.15) is 0 Å². The smallest absolute Gasteiger partial charge is 0.243 e. The van der Waals surface area contributed by atoms with Crippen molar-refractivity contribution >= 4 is 29.1 Å². The molecule has 2 saturated heterocycles. The molecule has 48 heavy (non-hydrogen) atoms. The Kier molecular flexibility index (Phi) is 13.0. The van der Waals surface area contributed by atoms with Gasteiger partial charge in [-0.3, -0.25) is 14.8 Å². The molecule has 0 spiro atoms. The zero-order valence-corrected chi connectivity index (χ0v) is 27.9. The lowest BCUT2D eigenvalue weighted by Crippen LogP contribution is -2.46. The first-order valence-corrected chi connectivity index (χ1v) is 17.2. The van der Waals surface area contributed by atoms with Crippen molar-refractivity contribution in [2.75, 3.05) is 25.0 Å². The number of benzene rings is 3. The van der Waals surface area contributed by atoms with Gasteiger partial charge in [0.2, 0.25) is 11.8 Å². The van der Waals surface area contributed by atoms with Gasteiger partial charge in [0.05, 0.1) is 24.4 Å². The molecule has 0 saturated carbocycles. The number of rotatable bonds is 14. The first-order valence-electron chi connectivity index (χ1n) is 16.8. The fourth-order valence-corrected chi connectivity index (χ4v) is 6.53. The van der Waals surface area contributed by atoms with Gasteiger partial charge in [-0.05, 0) is 66.6 Å². The highest BCUT2D eigenvalue weighted by Crippen LogP contribution is 2.39. The average Bonchev–Trinajstić information content (AvgIpc) is 3.11. The van der Waals surface area contributed by atoms with E-state index in [1.165, 1.54) is 0 Å². The average molecular weight is 680 g/mol. The Labute approximate surface area is 287 Å². The summed E-state index contributed by atoms with van der Waals surface area (Å²) in [6.07, 6.45) is 4.63. The molecule has 3 aromatic carbocycles. The van der Waals surface area contributed by atoms with Gasteiger partial charge in [-0.15, -0.1) is 0 Å². The van der Waals surface area contributed by atoms with Gasteiger partial charge in [0.25, 0.3) is 0 Å². The van der Waals surface area contributed by atoms with Crippen LogP contribution in [-0.2, 0) is 31.3 Å². The van der Waals surface area contributed by atoms with Gasteiger partial charge in [0, 0.05) is 55.2 Å². The van der Waals surface area contributed by atoms with Gasteiger partial charge in [-0.2, -0.15) is 0 Å². The third-order valence-corrected chi connectivity index (χ3v) is 9.54. The minimum absolute atomic E-state index is 0.0219. The number of hydrogen-bond acceptors (Lipinski definition) is 8. The lowest BCUT2D eigenvalue weighted by molar-refractivity contribution is -0.253. The maximum Gasteiger partial charge on any atom is 0.243 e. The second-order valence-corrected chi connectivity index (χ2v) is 13.2. The zero-order valence-electron chi connectivity index (χ0n) is 27.2. The number of hydrogen-bond donors (Lipinski definition) is 5. The minimum atomic E-state index is -0.880. The Hall–Kier alpha value is -3.35. The first kappa shape index (κ1) is 35.9. The largest absolute Gasteiger partial charge is 0.392 e. The molecule has 0 radical (unpaired) electrons. The minimum Gasteiger partial charge on any atom is -0.392 e. The van der Waals surface area contributed by atoms with Crippen LogP contribution in [0.15, 0.2) is 72.8 Å². The van der Waals surface area contributed by atoms with E-state index in [2.05, 4.69) is 10.2 Å². The SMILES string of the molecule is O=C(CCCCCCC(=O)Nc1ccc([C@@H]2O[C@H](CN3CCC(O)(c4ccc(Cl)cc4)CC3)C[C@H](c3ccc(CO)cc3)O2)cc1)NO. The standard InChI is InChI=1S/C37H46ClN3O7/c38-30-15-13-29(14-16-30)37(45)19-21-41(22-20-37)24-32-23-33(27-9-7-26(25-42)8-10-27)48-36(47-32)28-11-17-31(18-12-28)39-34(43)5-3-1-2-4-6-35(44)40-46/h7-18,32-33,36,42,45-46H,1-6,19-25H2,(H,39,43)(H,40,44)/t32-,33+,36+/m0/s1. The lowest BCUT2D eigenvalue weighted by atomic mass is 9.84. The molecule has 2 fully saturated rings. The summed E-state index contributed by atoms with van der Waals surface area (Å²) in [6.45, 7) is 2.14. The Balaban J connectivity index is 1.18. The third-order valence-electron chi connectivity index (χ3n) is 9.29. The monoisotopic (exact) mass is 679 g/mol. The van der Waals surface area contributed by atoms with Crippen LogP contribution >= 0.6 is 11.6 Å². The predicted molar refractivity (Wildman–Crippen MR) is 182 cm³/mol. The van der Waals surface area contributed by atoms with Crippen LogP contribution in [0.25, 0.3) is 0 Å². The van der Waals surface area contributed by atoms with E-state index in [0.29, 0.717) is 55.8 Å². The molecule has 2 heterocycles. The van der Waals surface area contributed by atoms with Crippen molar-refractivity contribution in [1.29, 1.82) is 0 Å². The third kappa shape index (κ3) is 10.1. The number of nitrogens with zero attached hydrogens (tertiary/aromatic N) is 1. The molecule has 5 rings (SSSR count). The molecule has 0 aromatic heterocycles. The number of hydroxylamine groups is 1. The number of piperidine rings is 1. The maximum atomic E-state index is 12.5. The van der Waals surface area contributed by atoms with Gasteiger partial charge < -0.3 is 29.9 Å². The van der Waals surface area contributed by atoms with Gasteiger partial charge >= 0.3 is 0 Å². The number of unbranched alkanes of at least 4 members (excludes halogenated alkanes) is 3. The highest BCUT2D eigenvalue weighted by Gasteiger charge is 2.37. The molecular formula is C37H46ClN3O7. The fraction of sp³-hybridized carbons (Fsp3) is 0.459. The number of amides is 2. The Morgan fingerprint density at radius 2 is 1.46 bits per heavy atom. The molecule has 0 unspecified atom stereocenters. The number of carbonyl (C=O) groups excluding carboxylic acids is 2. The summed E-state index contributed by atoms with van der Waals surface area (Å²) in [5.74, 6) is -0.466. The van der Waals surface area contributed by atoms with Crippen molar-refractivity contribution in [1.82, 2.24) is 10.4 Å². The van der Waals surface area contributed by atoms with Crippen LogP contribution in [-0.4, -0.2) is 57.9 Å². The van der Waals surface area contributed by atoms with Gasteiger partial charge in [-0.25, -0.2) is 5.48 Å². The van der Waals surface area contributed by atoms with Crippen molar-refractivity contribution in [2.24, 2.45) is 0 Å². The van der Waals surface area contributed by atoms with E-state index in [1.807, 2.05) is 72.8 Å². The highest BCUT2D eigenvalue weighted by molar-refractivity contribution is 6.30. The lowest BCUT2D eigenvalue weighted by Gasteiger charge is -2.42. The maximum absolute atomic E-state index is 12.5. The van der Waals surface area contributed by atoms with E-state index in [-0.39, 0.29) is 31.1 Å². The molecular weight excluding hydrogens is 634 g/mol. The topological polar surface area (TPSA) is 141 Å². The second kappa shape index (κ2) is 17.3. The second-order valence-electron chi connectivity index (χ2n) is 12.8. The van der Waals surface area contributed by atoms with E-state index < -0.39 is 17.8 Å². The molecule has 2 aliphatic rings. The summed E-state index contributed by atoms with van der Waals surface area (Å²) in [5.41, 5.74) is 5.02. The van der Waals surface area contributed by atoms with Crippen LogP contribution in [0.4, 0.5) is 5.69 Å². The summed E-state index contributed by atoms with van der Waals surface area (Å²) in [6, 6.07) is 22.8. The Morgan fingerprint density at radius 3 is 2.08 bits per heavy atom. The number of anilines is 1. The molecule has 11 heteroatoms. The number of aliphatic hydroxyl groups excluding tert-OH is 1. The molecule has 0 aliphatic carbocycles. The molecule has 10 nitrogen and oxygen atoms in total. The van der Waals surface area contributed by atoms with Crippen molar-refractivity contribution in [2.45, 2.75) is 88.5 Å². The van der Waals surface area contributed by atoms with Crippen LogP contribution in [0.3, 0.4) is 0 Å². The number of aliphatic hydroxyl groups is 2. The number of carbonyl (C=O) groups is 2. The van der Waals surface area contributed by atoms with Crippen molar-refractivity contribution in [3.63, 3.8) is 0 Å². The van der Waals surface area contributed by atoms with Crippen molar-refractivity contribution in [3.05, 3.63) is 100 Å². The molecule has 3 aromatic rings. The summed E-state index contributed by atoms with van der Waals surface area (Å²) in [7, 11) is 0. The van der Waals surface area contributed by atoms with Crippen LogP contribution in [0.2, 0.25) is 5.02 Å². The predicted octanol–water partition coefficient (Wildman–Crippen LogP) is 6.15. The van der Waals surface area contributed by atoms with E-state index in [9.17, 15) is 19.8 Å². The van der Waals surface area contributed by atoms with E-state index in [4.69, 9.17) is 26.3 Å². The Bertz CT molecular complexity index is 1460. The van der Waals surface area contributed by atoms with Crippen molar-refractivity contribution < 1.29 is 34.5 Å². The normalized spacial score (nSPS) is 21.0. The van der Waals surface area contributed by atoms with Crippen LogP contribution < -0.4 is 10.8 Å². The quantitative estimate of drug-likeness (QED) is 0.0777. The number of nitrogens with one attached hydrogen (secondary N) is 2. The summed E-state index contributed by atoms with van der Waals surface area (Å²) >= 11 is 6.07. The first-order chi connectivity index (χ1) is 23.2. The summed E-state index contributed by atoms with van der Waals surface area (Å²) < 4.78 is 13.0.